The number of alkyl halides is 1. The molecule has 0 N–H and O–H groups in total. The van der Waals surface area contributed by atoms with Crippen molar-refractivity contribution in [3.63, 3.8) is 0 Å². The minimum absolute atomic E-state index is 0.547. The number of hydrogen-bond donors (Lipinski definition) is 0. The monoisotopic (exact) mass is 324 g/mol. The van der Waals surface area contributed by atoms with Crippen molar-refractivity contribution in [2.45, 2.75) is 51.5 Å². The Morgan fingerprint density at radius 3 is 2.95 bits per heavy atom. The third-order valence-electron chi connectivity index (χ3n) is 4.76. The normalized spacial score (nSPS) is 22.8. The third-order valence-corrected chi connectivity index (χ3v) is 5.25. The maximum atomic E-state index is 6.33. The van der Waals surface area contributed by atoms with Crippen LogP contribution in [0, 0.1) is 5.92 Å². The van der Waals surface area contributed by atoms with Crippen LogP contribution in [0.3, 0.4) is 0 Å². The number of hydrogen-bond acceptors (Lipinski definition) is 1. The molecule has 2 unspecified atom stereocenters. The average Bonchev–Trinajstić information content (AvgIpc) is 2.87. The van der Waals surface area contributed by atoms with Crippen molar-refractivity contribution in [1.82, 2.24) is 9.55 Å². The van der Waals surface area contributed by atoms with Crippen LogP contribution in [-0.4, -0.2) is 15.4 Å². The zero-order chi connectivity index (χ0) is 14.8. The Morgan fingerprint density at radius 1 is 1.33 bits per heavy atom. The Labute approximate surface area is 136 Å². The predicted octanol–water partition coefficient (Wildman–Crippen LogP) is 5.61. The van der Waals surface area contributed by atoms with Crippen molar-refractivity contribution >= 4 is 34.2 Å². The molecule has 0 amide bonds. The largest absolute Gasteiger partial charge is 0.325 e. The van der Waals surface area contributed by atoms with Crippen molar-refractivity contribution in [2.24, 2.45) is 5.92 Å². The lowest BCUT2D eigenvalue weighted by atomic mass is 9.84. The van der Waals surface area contributed by atoms with Crippen LogP contribution in [0.25, 0.3) is 11.0 Å². The summed E-state index contributed by atoms with van der Waals surface area (Å²) in [4.78, 5) is 4.77. The summed E-state index contributed by atoms with van der Waals surface area (Å²) in [6.07, 6.45) is 7.25. The van der Waals surface area contributed by atoms with E-state index in [0.29, 0.717) is 11.9 Å². The Hall–Kier alpha value is -0.730. The van der Waals surface area contributed by atoms with Crippen molar-refractivity contribution in [3.8, 4) is 0 Å². The first kappa shape index (κ1) is 15.2. The van der Waals surface area contributed by atoms with Crippen LogP contribution < -0.4 is 0 Å². The van der Waals surface area contributed by atoms with E-state index in [1.807, 2.05) is 12.1 Å². The molecular weight excluding hydrogens is 303 g/mol. The van der Waals surface area contributed by atoms with Crippen LogP contribution in [0.1, 0.15) is 50.9 Å². The van der Waals surface area contributed by atoms with Gasteiger partial charge in [0.25, 0.3) is 0 Å². The Kier molecular flexibility index (Phi) is 4.75. The molecule has 3 rings (SSSR count). The second kappa shape index (κ2) is 6.58. The Balaban J connectivity index is 2.06. The first-order valence-corrected chi connectivity index (χ1v) is 8.87. The average molecular weight is 325 g/mol. The maximum absolute atomic E-state index is 6.33. The van der Waals surface area contributed by atoms with Gasteiger partial charge in [0.1, 0.15) is 11.3 Å². The fourth-order valence-corrected chi connectivity index (χ4v) is 4.05. The van der Waals surface area contributed by atoms with E-state index in [2.05, 4.69) is 17.6 Å². The quantitative estimate of drug-likeness (QED) is 0.668. The van der Waals surface area contributed by atoms with Gasteiger partial charge in [-0.2, -0.15) is 0 Å². The second-order valence-corrected chi connectivity index (χ2v) is 6.82. The molecule has 1 aromatic heterocycles. The predicted molar refractivity (Wildman–Crippen MR) is 90.5 cm³/mol. The molecular formula is C17H22Cl2N2. The Morgan fingerprint density at radius 2 is 2.19 bits per heavy atom. The number of benzene rings is 1. The van der Waals surface area contributed by atoms with Crippen LogP contribution in [0.5, 0.6) is 0 Å². The van der Waals surface area contributed by atoms with Gasteiger partial charge < -0.3 is 4.57 Å². The molecule has 114 valence electrons. The molecule has 2 atom stereocenters. The minimum Gasteiger partial charge on any atom is -0.325 e. The number of nitrogens with zero attached hydrogens (tertiary/aromatic N) is 2. The van der Waals surface area contributed by atoms with Crippen LogP contribution in [0.4, 0.5) is 0 Å². The topological polar surface area (TPSA) is 17.8 Å². The number of imidazole rings is 1. The van der Waals surface area contributed by atoms with E-state index in [4.69, 9.17) is 28.2 Å². The molecule has 0 radical (unpaired) electrons. The number of aryl methyl sites for hydroxylation is 1. The molecule has 1 heterocycles. The van der Waals surface area contributed by atoms with E-state index in [1.54, 1.807) is 0 Å². The number of para-hydroxylation sites is 1. The summed E-state index contributed by atoms with van der Waals surface area (Å²) >= 11 is 12.3. The zero-order valence-electron chi connectivity index (χ0n) is 12.5. The van der Waals surface area contributed by atoms with Gasteiger partial charge in [-0.15, -0.1) is 11.6 Å². The van der Waals surface area contributed by atoms with Crippen molar-refractivity contribution in [3.05, 3.63) is 29.0 Å². The standard InChI is InChI=1S/C17H22Cl2N2/c1-2-12-5-3-6-13(11-12)21-15-8-4-7-14(19)17(15)20-16(21)9-10-18/h4,7-8,12-13H,2-3,5-6,9-11H2,1H3. The maximum Gasteiger partial charge on any atom is 0.111 e. The van der Waals surface area contributed by atoms with E-state index >= 15 is 0 Å². The first-order valence-electron chi connectivity index (χ1n) is 7.95. The van der Waals surface area contributed by atoms with Crippen molar-refractivity contribution in [2.75, 3.05) is 5.88 Å². The van der Waals surface area contributed by atoms with Crippen LogP contribution in [-0.2, 0) is 6.42 Å². The van der Waals surface area contributed by atoms with Crippen molar-refractivity contribution < 1.29 is 0 Å². The molecule has 1 aliphatic carbocycles. The number of fused-ring (bicyclic) bond motifs is 1. The van der Waals surface area contributed by atoms with Gasteiger partial charge in [-0.25, -0.2) is 4.98 Å². The van der Waals surface area contributed by atoms with Crippen LogP contribution >= 0.6 is 23.2 Å². The number of aromatic nitrogens is 2. The summed E-state index contributed by atoms with van der Waals surface area (Å²) in [5.41, 5.74) is 2.10. The molecule has 0 bridgehead atoms. The number of rotatable bonds is 4. The molecule has 21 heavy (non-hydrogen) atoms. The lowest BCUT2D eigenvalue weighted by Gasteiger charge is -2.31. The smallest absolute Gasteiger partial charge is 0.111 e. The van der Waals surface area contributed by atoms with E-state index in [1.165, 1.54) is 37.6 Å². The van der Waals surface area contributed by atoms with E-state index < -0.39 is 0 Å². The molecule has 0 aliphatic heterocycles. The highest BCUT2D eigenvalue weighted by Crippen LogP contribution is 2.38. The van der Waals surface area contributed by atoms with E-state index in [9.17, 15) is 0 Å². The summed E-state index contributed by atoms with van der Waals surface area (Å²) < 4.78 is 2.42. The molecule has 1 aliphatic rings. The molecule has 4 heteroatoms. The second-order valence-electron chi connectivity index (χ2n) is 6.04. The first-order chi connectivity index (χ1) is 10.2. The van der Waals surface area contributed by atoms with Crippen LogP contribution in [0.2, 0.25) is 5.02 Å². The van der Waals surface area contributed by atoms with Gasteiger partial charge in [-0.05, 0) is 30.9 Å². The van der Waals surface area contributed by atoms with E-state index in [-0.39, 0.29) is 0 Å². The summed E-state index contributed by atoms with van der Waals surface area (Å²) in [5, 5.41) is 0.741. The van der Waals surface area contributed by atoms with Gasteiger partial charge >= 0.3 is 0 Å². The molecule has 2 aromatic rings. The zero-order valence-corrected chi connectivity index (χ0v) is 14.0. The highest BCUT2D eigenvalue weighted by Gasteiger charge is 2.25. The molecule has 0 saturated heterocycles. The molecule has 1 saturated carbocycles. The lowest BCUT2D eigenvalue weighted by molar-refractivity contribution is 0.262. The summed E-state index contributed by atoms with van der Waals surface area (Å²) in [7, 11) is 0. The molecule has 2 nitrogen and oxygen atoms in total. The third kappa shape index (κ3) is 2.93. The fraction of sp³-hybridized carbons (Fsp3) is 0.588. The van der Waals surface area contributed by atoms with Crippen LogP contribution in [0.15, 0.2) is 18.2 Å². The summed E-state index contributed by atoms with van der Waals surface area (Å²) in [6.45, 7) is 2.30. The molecule has 1 aromatic carbocycles. The van der Waals surface area contributed by atoms with Gasteiger partial charge in [-0.1, -0.05) is 43.9 Å². The van der Waals surface area contributed by atoms with Gasteiger partial charge in [0.15, 0.2) is 0 Å². The van der Waals surface area contributed by atoms with Gasteiger partial charge in [0, 0.05) is 18.3 Å². The molecule has 1 fully saturated rings. The highest BCUT2D eigenvalue weighted by molar-refractivity contribution is 6.34. The van der Waals surface area contributed by atoms with Crippen molar-refractivity contribution in [1.29, 1.82) is 0 Å². The summed E-state index contributed by atoms with van der Waals surface area (Å²) in [5.74, 6) is 2.53. The molecule has 0 spiro atoms. The SMILES string of the molecule is CCC1CCCC(n2c(CCCl)nc3c(Cl)cccc32)C1. The fourth-order valence-electron chi connectivity index (χ4n) is 3.67. The number of halogens is 2. The minimum atomic E-state index is 0.547. The Bertz CT molecular complexity index is 621. The van der Waals surface area contributed by atoms with Gasteiger partial charge in [-0.3, -0.25) is 0 Å². The summed E-state index contributed by atoms with van der Waals surface area (Å²) in [6, 6.07) is 6.63. The van der Waals surface area contributed by atoms with Gasteiger partial charge in [0.2, 0.25) is 0 Å². The van der Waals surface area contributed by atoms with Gasteiger partial charge in [0.05, 0.1) is 10.5 Å². The van der Waals surface area contributed by atoms with E-state index in [0.717, 1.165) is 28.7 Å². The lowest BCUT2D eigenvalue weighted by Crippen LogP contribution is -2.20. The highest BCUT2D eigenvalue weighted by atomic mass is 35.5.